The molecule has 0 bridgehead atoms. The maximum Gasteiger partial charge on any atom is 0.397 e. The second-order valence-electron chi connectivity index (χ2n) is 7.77. The molecule has 1 aromatic rings. The Labute approximate surface area is 164 Å². The number of likely N-dealkylation sites (tertiary alicyclic amines) is 1. The number of carbonyl (C=O) groups is 1. The summed E-state index contributed by atoms with van der Waals surface area (Å²) in [5.74, 6) is -1.04. The SMILES string of the molecule is CN(C)CCN(CC1CCCN(Cc2ccccc2F)C1)C(=O)CC(F)(F)F. The van der Waals surface area contributed by atoms with Gasteiger partial charge in [-0.25, -0.2) is 4.39 Å². The third-order valence-corrected chi connectivity index (χ3v) is 4.95. The monoisotopic (exact) mass is 403 g/mol. The predicted molar refractivity (Wildman–Crippen MR) is 100 cm³/mol. The maximum absolute atomic E-state index is 13.9. The molecule has 0 radical (unpaired) electrons. The van der Waals surface area contributed by atoms with Gasteiger partial charge < -0.3 is 9.80 Å². The number of halogens is 4. The van der Waals surface area contributed by atoms with E-state index in [1.165, 1.54) is 11.0 Å². The number of nitrogens with zero attached hydrogens (tertiary/aromatic N) is 3. The van der Waals surface area contributed by atoms with E-state index in [9.17, 15) is 22.4 Å². The third kappa shape index (κ3) is 7.75. The molecular weight excluding hydrogens is 374 g/mol. The normalized spacial score (nSPS) is 18.5. The molecule has 0 spiro atoms. The molecular formula is C20H29F4N3O. The Balaban J connectivity index is 1.97. The summed E-state index contributed by atoms with van der Waals surface area (Å²) in [6.07, 6.45) is -4.19. The zero-order valence-corrected chi connectivity index (χ0v) is 16.5. The van der Waals surface area contributed by atoms with Gasteiger partial charge in [0.15, 0.2) is 0 Å². The van der Waals surface area contributed by atoms with Crippen LogP contribution in [0.15, 0.2) is 24.3 Å². The molecule has 28 heavy (non-hydrogen) atoms. The summed E-state index contributed by atoms with van der Waals surface area (Å²) in [7, 11) is 3.65. The summed E-state index contributed by atoms with van der Waals surface area (Å²) >= 11 is 0. The summed E-state index contributed by atoms with van der Waals surface area (Å²) in [4.78, 5) is 17.5. The number of likely N-dealkylation sites (N-methyl/N-ethyl adjacent to an activating group) is 1. The van der Waals surface area contributed by atoms with Gasteiger partial charge in [-0.2, -0.15) is 13.2 Å². The van der Waals surface area contributed by atoms with Crippen molar-refractivity contribution in [3.05, 3.63) is 35.6 Å². The number of hydrogen-bond donors (Lipinski definition) is 0. The minimum Gasteiger partial charge on any atom is -0.341 e. The summed E-state index contributed by atoms with van der Waals surface area (Å²) in [6, 6.07) is 6.61. The molecule has 0 saturated carbocycles. The van der Waals surface area contributed by atoms with Crippen molar-refractivity contribution in [2.24, 2.45) is 5.92 Å². The van der Waals surface area contributed by atoms with Crippen LogP contribution in [0.25, 0.3) is 0 Å². The van der Waals surface area contributed by atoms with Gasteiger partial charge in [-0.15, -0.1) is 0 Å². The lowest BCUT2D eigenvalue weighted by atomic mass is 9.96. The Bertz CT molecular complexity index is 636. The van der Waals surface area contributed by atoms with Crippen LogP contribution in [0.1, 0.15) is 24.8 Å². The van der Waals surface area contributed by atoms with Gasteiger partial charge in [0.05, 0.1) is 0 Å². The van der Waals surface area contributed by atoms with E-state index < -0.39 is 18.5 Å². The second-order valence-corrected chi connectivity index (χ2v) is 7.77. The van der Waals surface area contributed by atoms with Crippen molar-refractivity contribution in [3.8, 4) is 0 Å². The minimum absolute atomic E-state index is 0.0832. The topological polar surface area (TPSA) is 26.8 Å². The number of piperidine rings is 1. The van der Waals surface area contributed by atoms with Crippen molar-refractivity contribution in [1.82, 2.24) is 14.7 Å². The van der Waals surface area contributed by atoms with E-state index in [0.29, 0.717) is 31.7 Å². The van der Waals surface area contributed by atoms with Crippen molar-refractivity contribution >= 4 is 5.91 Å². The third-order valence-electron chi connectivity index (χ3n) is 4.95. The predicted octanol–water partition coefficient (Wildman–Crippen LogP) is 3.38. The molecule has 4 nitrogen and oxygen atoms in total. The number of amides is 1. The Morgan fingerprint density at radius 1 is 1.21 bits per heavy atom. The highest BCUT2D eigenvalue weighted by Gasteiger charge is 2.34. The Morgan fingerprint density at radius 3 is 2.57 bits per heavy atom. The highest BCUT2D eigenvalue weighted by molar-refractivity contribution is 5.76. The van der Waals surface area contributed by atoms with E-state index in [2.05, 4.69) is 4.90 Å². The van der Waals surface area contributed by atoms with Crippen molar-refractivity contribution in [2.75, 3.05) is 46.8 Å². The number of hydrogen-bond acceptors (Lipinski definition) is 3. The molecule has 1 aliphatic rings. The van der Waals surface area contributed by atoms with Gasteiger partial charge in [0.1, 0.15) is 12.2 Å². The van der Waals surface area contributed by atoms with Crippen LogP contribution in [-0.2, 0) is 11.3 Å². The number of rotatable bonds is 8. The lowest BCUT2D eigenvalue weighted by Gasteiger charge is -2.36. The number of carbonyl (C=O) groups excluding carboxylic acids is 1. The highest BCUT2D eigenvalue weighted by Crippen LogP contribution is 2.24. The average molecular weight is 403 g/mol. The first-order valence-electron chi connectivity index (χ1n) is 9.59. The fourth-order valence-corrected chi connectivity index (χ4v) is 3.54. The molecule has 1 saturated heterocycles. The van der Waals surface area contributed by atoms with Gasteiger partial charge in [0.2, 0.25) is 5.91 Å². The fraction of sp³-hybridized carbons (Fsp3) is 0.650. The smallest absolute Gasteiger partial charge is 0.341 e. The number of benzene rings is 1. The molecule has 1 aliphatic heterocycles. The zero-order valence-electron chi connectivity index (χ0n) is 16.5. The van der Waals surface area contributed by atoms with Gasteiger partial charge in [0.25, 0.3) is 0 Å². The molecule has 2 rings (SSSR count). The van der Waals surface area contributed by atoms with Gasteiger partial charge in [-0.1, -0.05) is 18.2 Å². The van der Waals surface area contributed by atoms with Gasteiger partial charge >= 0.3 is 6.18 Å². The second kappa shape index (κ2) is 10.2. The fourth-order valence-electron chi connectivity index (χ4n) is 3.54. The molecule has 158 valence electrons. The van der Waals surface area contributed by atoms with Crippen LogP contribution in [0.3, 0.4) is 0 Å². The maximum atomic E-state index is 13.9. The minimum atomic E-state index is -4.50. The van der Waals surface area contributed by atoms with Crippen molar-refractivity contribution in [3.63, 3.8) is 0 Å². The Kier molecular flexibility index (Phi) is 8.24. The summed E-state index contributed by atoms with van der Waals surface area (Å²) in [6.45, 7) is 3.01. The van der Waals surface area contributed by atoms with Crippen LogP contribution in [0.2, 0.25) is 0 Å². The first-order valence-corrected chi connectivity index (χ1v) is 9.59. The van der Waals surface area contributed by atoms with E-state index in [-0.39, 0.29) is 18.3 Å². The standard InChI is InChI=1S/C20H29F4N3O/c1-25(2)10-11-27(19(28)12-20(22,23)24)14-16-6-5-9-26(13-16)15-17-7-3-4-8-18(17)21/h3-4,7-8,16H,5-6,9-15H2,1-2H3. The molecule has 1 heterocycles. The Morgan fingerprint density at radius 2 is 1.93 bits per heavy atom. The molecule has 1 aromatic carbocycles. The Hall–Kier alpha value is -1.67. The molecule has 0 aliphatic carbocycles. The molecule has 0 aromatic heterocycles. The quantitative estimate of drug-likeness (QED) is 0.623. The van der Waals surface area contributed by atoms with Crippen LogP contribution in [0.4, 0.5) is 17.6 Å². The highest BCUT2D eigenvalue weighted by atomic mass is 19.4. The van der Waals surface area contributed by atoms with Gasteiger partial charge in [0, 0.05) is 38.3 Å². The first kappa shape index (κ1) is 22.6. The average Bonchev–Trinajstić information content (AvgIpc) is 2.59. The van der Waals surface area contributed by atoms with Crippen LogP contribution in [-0.4, -0.2) is 73.6 Å². The van der Waals surface area contributed by atoms with E-state index in [1.54, 1.807) is 18.2 Å². The van der Waals surface area contributed by atoms with Gasteiger partial charge in [-0.3, -0.25) is 9.69 Å². The summed E-state index contributed by atoms with van der Waals surface area (Å²) in [5, 5.41) is 0. The molecule has 1 unspecified atom stereocenters. The first-order chi connectivity index (χ1) is 13.1. The lowest BCUT2D eigenvalue weighted by molar-refractivity contribution is -0.162. The molecule has 1 atom stereocenters. The van der Waals surface area contributed by atoms with Crippen molar-refractivity contribution in [2.45, 2.75) is 32.0 Å². The molecule has 1 fully saturated rings. The zero-order chi connectivity index (χ0) is 20.7. The summed E-state index contributed by atoms with van der Waals surface area (Å²) in [5.41, 5.74) is 0.612. The number of alkyl halides is 3. The largest absolute Gasteiger partial charge is 0.397 e. The van der Waals surface area contributed by atoms with Gasteiger partial charge in [-0.05, 0) is 45.5 Å². The van der Waals surface area contributed by atoms with Crippen LogP contribution in [0, 0.1) is 11.7 Å². The van der Waals surface area contributed by atoms with Crippen molar-refractivity contribution in [1.29, 1.82) is 0 Å². The molecule has 8 heteroatoms. The van der Waals surface area contributed by atoms with E-state index in [0.717, 1.165) is 19.4 Å². The molecule has 0 N–H and O–H groups in total. The van der Waals surface area contributed by atoms with Crippen molar-refractivity contribution < 1.29 is 22.4 Å². The van der Waals surface area contributed by atoms with E-state index in [4.69, 9.17) is 0 Å². The van der Waals surface area contributed by atoms with Crippen LogP contribution >= 0.6 is 0 Å². The molecule has 1 amide bonds. The lowest BCUT2D eigenvalue weighted by Crippen LogP contribution is -2.45. The van der Waals surface area contributed by atoms with Crippen LogP contribution < -0.4 is 0 Å². The van der Waals surface area contributed by atoms with Crippen LogP contribution in [0.5, 0.6) is 0 Å². The van der Waals surface area contributed by atoms with E-state index >= 15 is 0 Å². The summed E-state index contributed by atoms with van der Waals surface area (Å²) < 4.78 is 52.0. The van der Waals surface area contributed by atoms with E-state index in [1.807, 2.05) is 19.0 Å².